The van der Waals surface area contributed by atoms with Gasteiger partial charge >= 0.3 is 0 Å². The molecule has 4 aromatic rings. The molecular weight excluding hydrogens is 398 g/mol. The molecule has 0 amide bonds. The number of hydrogen-bond acceptors (Lipinski definition) is 6. The van der Waals surface area contributed by atoms with Gasteiger partial charge in [-0.1, -0.05) is 42.5 Å². The van der Waals surface area contributed by atoms with E-state index in [2.05, 4.69) is 10.2 Å². The maximum absolute atomic E-state index is 13.1. The zero-order valence-corrected chi connectivity index (χ0v) is 17.0. The maximum atomic E-state index is 13.1. The van der Waals surface area contributed by atoms with Crippen molar-refractivity contribution >= 4 is 37.7 Å². The van der Waals surface area contributed by atoms with E-state index in [1.165, 1.54) is 18.2 Å². The lowest BCUT2D eigenvalue weighted by atomic mass is 10.0. The number of aryl methyl sites for hydroxylation is 1. The van der Waals surface area contributed by atoms with Gasteiger partial charge in [0.25, 0.3) is 0 Å². The third kappa shape index (κ3) is 3.51. The Bertz CT molecular complexity index is 1380. The summed E-state index contributed by atoms with van der Waals surface area (Å²) < 4.78 is 26.1. The maximum Gasteiger partial charge on any atom is 0.208 e. The minimum atomic E-state index is -3.77. The fourth-order valence-electron chi connectivity index (χ4n) is 3.29. The topological polar surface area (TPSA) is 105 Å². The van der Waals surface area contributed by atoms with E-state index in [0.29, 0.717) is 11.1 Å². The summed E-state index contributed by atoms with van der Waals surface area (Å²) >= 11 is 0. The van der Waals surface area contributed by atoms with Crippen molar-refractivity contribution in [2.75, 3.05) is 5.73 Å². The lowest BCUT2D eigenvalue weighted by Gasteiger charge is -2.09. The summed E-state index contributed by atoms with van der Waals surface area (Å²) in [5.41, 5.74) is 7.79. The van der Waals surface area contributed by atoms with Gasteiger partial charge in [-0.15, -0.1) is 10.2 Å². The molecular formula is C23H19N3O3S. The van der Waals surface area contributed by atoms with Gasteiger partial charge in [0, 0.05) is 0 Å². The Balaban J connectivity index is 1.86. The summed E-state index contributed by atoms with van der Waals surface area (Å²) in [5, 5.41) is 20.1. The molecule has 4 aromatic carbocycles. The first-order valence-corrected chi connectivity index (χ1v) is 10.7. The van der Waals surface area contributed by atoms with Gasteiger partial charge in [-0.2, -0.15) is 0 Å². The Morgan fingerprint density at radius 2 is 1.57 bits per heavy atom. The molecule has 0 unspecified atom stereocenters. The van der Waals surface area contributed by atoms with Gasteiger partial charge in [-0.05, 0) is 54.3 Å². The van der Waals surface area contributed by atoms with E-state index in [9.17, 15) is 13.5 Å². The first-order valence-electron chi connectivity index (χ1n) is 9.20. The van der Waals surface area contributed by atoms with Crippen LogP contribution in [0.15, 0.2) is 98.9 Å². The Morgan fingerprint density at radius 3 is 2.33 bits per heavy atom. The van der Waals surface area contributed by atoms with Crippen molar-refractivity contribution in [3.63, 3.8) is 0 Å². The quantitative estimate of drug-likeness (QED) is 0.329. The molecule has 0 aromatic heterocycles. The van der Waals surface area contributed by atoms with Crippen molar-refractivity contribution in [1.82, 2.24) is 0 Å². The number of phenols is 1. The van der Waals surface area contributed by atoms with Crippen LogP contribution in [-0.2, 0) is 9.84 Å². The van der Waals surface area contributed by atoms with Crippen LogP contribution in [0.3, 0.4) is 0 Å². The number of aromatic hydroxyl groups is 1. The first kappa shape index (κ1) is 19.6. The average molecular weight is 417 g/mol. The highest BCUT2D eigenvalue weighted by molar-refractivity contribution is 7.91. The van der Waals surface area contributed by atoms with Crippen molar-refractivity contribution in [2.45, 2.75) is 16.7 Å². The van der Waals surface area contributed by atoms with Crippen molar-refractivity contribution in [1.29, 1.82) is 0 Å². The lowest BCUT2D eigenvalue weighted by molar-refractivity contribution is 0.481. The molecule has 6 nitrogen and oxygen atoms in total. The van der Waals surface area contributed by atoms with E-state index in [1.54, 1.807) is 54.6 Å². The molecule has 0 fully saturated rings. The molecule has 0 atom stereocenters. The van der Waals surface area contributed by atoms with Crippen LogP contribution in [0, 0.1) is 6.92 Å². The second-order valence-electron chi connectivity index (χ2n) is 6.87. The SMILES string of the molecule is Cc1cc(O)c2c(N=Nc3ccccc3S(=O)(=O)c3ccccc3)c(N)ccc2c1. The number of benzene rings is 4. The van der Waals surface area contributed by atoms with Crippen LogP contribution in [0.2, 0.25) is 0 Å². The lowest BCUT2D eigenvalue weighted by Crippen LogP contribution is -2.01. The third-order valence-electron chi connectivity index (χ3n) is 4.71. The highest BCUT2D eigenvalue weighted by atomic mass is 32.2. The van der Waals surface area contributed by atoms with Crippen LogP contribution in [0.25, 0.3) is 10.8 Å². The molecule has 4 rings (SSSR count). The second kappa shape index (κ2) is 7.61. The van der Waals surface area contributed by atoms with Gasteiger partial charge in [0.15, 0.2) is 0 Å². The van der Waals surface area contributed by atoms with E-state index in [4.69, 9.17) is 5.73 Å². The van der Waals surface area contributed by atoms with Crippen molar-refractivity contribution in [2.24, 2.45) is 10.2 Å². The molecule has 0 aliphatic heterocycles. The van der Waals surface area contributed by atoms with Crippen LogP contribution >= 0.6 is 0 Å². The number of fused-ring (bicyclic) bond motifs is 1. The number of phenolic OH excluding ortho intramolecular Hbond substituents is 1. The van der Waals surface area contributed by atoms with E-state index in [1.807, 2.05) is 13.0 Å². The van der Waals surface area contributed by atoms with Gasteiger partial charge in [0.2, 0.25) is 9.84 Å². The molecule has 0 aliphatic carbocycles. The summed E-state index contributed by atoms with van der Waals surface area (Å²) in [6, 6.07) is 21.5. The average Bonchev–Trinajstić information content (AvgIpc) is 2.74. The number of anilines is 1. The number of nitrogens with zero attached hydrogens (tertiary/aromatic N) is 2. The molecule has 0 spiro atoms. The summed E-state index contributed by atoms with van der Waals surface area (Å²) in [6.07, 6.45) is 0. The number of hydrogen-bond donors (Lipinski definition) is 2. The number of sulfone groups is 1. The van der Waals surface area contributed by atoms with Gasteiger partial charge in [-0.3, -0.25) is 0 Å². The summed E-state index contributed by atoms with van der Waals surface area (Å²) in [4.78, 5) is 0.212. The Labute approximate surface area is 174 Å². The molecule has 150 valence electrons. The monoisotopic (exact) mass is 417 g/mol. The Hall–Kier alpha value is -3.71. The summed E-state index contributed by atoms with van der Waals surface area (Å²) in [7, 11) is -3.77. The first-order chi connectivity index (χ1) is 14.4. The van der Waals surface area contributed by atoms with Crippen LogP contribution < -0.4 is 5.73 Å². The molecule has 0 heterocycles. The van der Waals surface area contributed by atoms with Crippen LogP contribution in [-0.4, -0.2) is 13.5 Å². The molecule has 7 heteroatoms. The molecule has 0 aliphatic rings. The molecule has 0 saturated heterocycles. The fraction of sp³-hybridized carbons (Fsp3) is 0.0435. The highest BCUT2D eigenvalue weighted by Crippen LogP contribution is 2.40. The predicted octanol–water partition coefficient (Wildman–Crippen LogP) is 5.68. The van der Waals surface area contributed by atoms with Crippen molar-refractivity contribution in [3.8, 4) is 5.75 Å². The molecule has 0 radical (unpaired) electrons. The fourth-order valence-corrected chi connectivity index (χ4v) is 4.70. The van der Waals surface area contributed by atoms with Crippen LogP contribution in [0.1, 0.15) is 5.56 Å². The van der Waals surface area contributed by atoms with Gasteiger partial charge in [0.1, 0.15) is 17.1 Å². The van der Waals surface area contributed by atoms with E-state index in [0.717, 1.165) is 10.9 Å². The third-order valence-corrected chi connectivity index (χ3v) is 6.53. The molecule has 0 saturated carbocycles. The molecule has 3 N–H and O–H groups in total. The standard InChI is InChI=1S/C23H19N3O3S/c1-15-13-16-11-12-18(24)23(22(16)20(27)14-15)26-25-19-9-5-6-10-21(19)30(28,29)17-7-3-2-4-8-17/h2-14,27H,24H2,1H3. The summed E-state index contributed by atoms with van der Waals surface area (Å²) in [6.45, 7) is 1.88. The molecule has 0 bridgehead atoms. The smallest absolute Gasteiger partial charge is 0.208 e. The van der Waals surface area contributed by atoms with Gasteiger partial charge < -0.3 is 10.8 Å². The number of nitrogens with two attached hydrogens (primary N) is 1. The summed E-state index contributed by atoms with van der Waals surface area (Å²) in [5.74, 6) is 0.0384. The second-order valence-corrected chi connectivity index (χ2v) is 8.79. The minimum Gasteiger partial charge on any atom is -0.507 e. The zero-order valence-electron chi connectivity index (χ0n) is 16.1. The Kier molecular flexibility index (Phi) is 4.97. The molecule has 30 heavy (non-hydrogen) atoms. The van der Waals surface area contributed by atoms with Crippen LogP contribution in [0.5, 0.6) is 5.75 Å². The van der Waals surface area contributed by atoms with E-state index >= 15 is 0 Å². The minimum absolute atomic E-state index is 0.0384. The highest BCUT2D eigenvalue weighted by Gasteiger charge is 2.21. The Morgan fingerprint density at radius 1 is 0.867 bits per heavy atom. The predicted molar refractivity (Wildman–Crippen MR) is 117 cm³/mol. The largest absolute Gasteiger partial charge is 0.507 e. The van der Waals surface area contributed by atoms with Gasteiger partial charge in [0.05, 0.1) is 20.9 Å². The van der Waals surface area contributed by atoms with Crippen molar-refractivity contribution in [3.05, 3.63) is 84.4 Å². The van der Waals surface area contributed by atoms with Gasteiger partial charge in [-0.25, -0.2) is 8.42 Å². The number of azo groups is 1. The van der Waals surface area contributed by atoms with Crippen molar-refractivity contribution < 1.29 is 13.5 Å². The van der Waals surface area contributed by atoms with E-state index < -0.39 is 9.84 Å². The van der Waals surface area contributed by atoms with Crippen LogP contribution in [0.4, 0.5) is 17.1 Å². The number of nitrogen functional groups attached to an aromatic ring is 1. The van der Waals surface area contributed by atoms with E-state index in [-0.39, 0.29) is 26.9 Å². The number of rotatable bonds is 4. The normalized spacial score (nSPS) is 11.9. The zero-order chi connectivity index (χ0) is 21.3.